The number of carbonyl (C=O) groups is 1. The maximum absolute atomic E-state index is 12.0. The Bertz CT molecular complexity index is 613. The van der Waals surface area contributed by atoms with E-state index >= 15 is 0 Å². The van der Waals surface area contributed by atoms with Gasteiger partial charge in [-0.05, 0) is 58.2 Å². The first-order valence-corrected chi connectivity index (χ1v) is 6.60. The van der Waals surface area contributed by atoms with Crippen LogP contribution in [0.5, 0.6) is 0 Å². The molecule has 0 saturated carbocycles. The summed E-state index contributed by atoms with van der Waals surface area (Å²) in [6, 6.07) is 7.06. The third kappa shape index (κ3) is 3.32. The molecule has 0 bridgehead atoms. The third-order valence-corrected chi connectivity index (χ3v) is 3.57. The highest BCUT2D eigenvalue weighted by atomic mass is 79.9. The van der Waals surface area contributed by atoms with E-state index in [0.29, 0.717) is 17.8 Å². The normalized spacial score (nSPS) is 10.2. The largest absolute Gasteiger partial charge is 0.398 e. The lowest BCUT2D eigenvalue weighted by molar-refractivity contribution is 0.0951. The van der Waals surface area contributed by atoms with Crippen molar-refractivity contribution < 1.29 is 4.79 Å². The quantitative estimate of drug-likeness (QED) is 0.855. The SMILES string of the molecule is Cc1ccncc1CNC(=O)c1ccc(Br)c(N)c1. The van der Waals surface area contributed by atoms with Gasteiger partial charge in [-0.15, -0.1) is 0 Å². The predicted molar refractivity (Wildman–Crippen MR) is 78.7 cm³/mol. The lowest BCUT2D eigenvalue weighted by Gasteiger charge is -2.08. The van der Waals surface area contributed by atoms with Crippen molar-refractivity contribution in [2.45, 2.75) is 13.5 Å². The zero-order valence-corrected chi connectivity index (χ0v) is 12.1. The van der Waals surface area contributed by atoms with Crippen molar-refractivity contribution >= 4 is 27.5 Å². The average Bonchev–Trinajstić information content (AvgIpc) is 2.40. The second-order valence-electron chi connectivity index (χ2n) is 4.22. The zero-order valence-electron chi connectivity index (χ0n) is 10.5. The van der Waals surface area contributed by atoms with Crippen molar-refractivity contribution in [2.75, 3.05) is 5.73 Å². The van der Waals surface area contributed by atoms with Gasteiger partial charge >= 0.3 is 0 Å². The summed E-state index contributed by atoms with van der Waals surface area (Å²) in [4.78, 5) is 16.0. The van der Waals surface area contributed by atoms with E-state index in [0.717, 1.165) is 15.6 Å². The van der Waals surface area contributed by atoms with Crippen LogP contribution in [0, 0.1) is 6.92 Å². The molecular formula is C14H14BrN3O. The average molecular weight is 320 g/mol. The van der Waals surface area contributed by atoms with Gasteiger partial charge in [0.05, 0.1) is 0 Å². The molecule has 5 heteroatoms. The summed E-state index contributed by atoms with van der Waals surface area (Å²) in [5, 5.41) is 2.85. The van der Waals surface area contributed by atoms with Crippen LogP contribution >= 0.6 is 15.9 Å². The fraction of sp³-hybridized carbons (Fsp3) is 0.143. The first kappa shape index (κ1) is 13.5. The molecule has 0 fully saturated rings. The van der Waals surface area contributed by atoms with Crippen LogP contribution in [0.1, 0.15) is 21.5 Å². The highest BCUT2D eigenvalue weighted by Gasteiger charge is 2.07. The summed E-state index contributed by atoms with van der Waals surface area (Å²) < 4.78 is 0.784. The Balaban J connectivity index is 2.05. The minimum atomic E-state index is -0.151. The lowest BCUT2D eigenvalue weighted by Crippen LogP contribution is -2.23. The summed E-state index contributed by atoms with van der Waals surface area (Å²) in [5.41, 5.74) is 8.95. The number of anilines is 1. The molecular weight excluding hydrogens is 306 g/mol. The van der Waals surface area contributed by atoms with Gasteiger partial charge in [-0.25, -0.2) is 0 Å². The van der Waals surface area contributed by atoms with Crippen molar-refractivity contribution in [3.05, 3.63) is 57.8 Å². The van der Waals surface area contributed by atoms with Crippen molar-refractivity contribution in [3.63, 3.8) is 0 Å². The number of carbonyl (C=O) groups excluding carboxylic acids is 1. The summed E-state index contributed by atoms with van der Waals surface area (Å²) >= 11 is 3.30. The molecule has 0 spiro atoms. The lowest BCUT2D eigenvalue weighted by atomic mass is 10.1. The molecule has 0 unspecified atom stereocenters. The number of halogens is 1. The number of nitrogens with two attached hydrogens (primary N) is 1. The number of benzene rings is 1. The Hall–Kier alpha value is -1.88. The molecule has 1 amide bonds. The summed E-state index contributed by atoms with van der Waals surface area (Å²) in [7, 11) is 0. The van der Waals surface area contributed by atoms with Gasteiger partial charge < -0.3 is 11.1 Å². The van der Waals surface area contributed by atoms with E-state index in [9.17, 15) is 4.79 Å². The number of hydrogen-bond acceptors (Lipinski definition) is 3. The molecule has 0 radical (unpaired) electrons. The van der Waals surface area contributed by atoms with Crippen LogP contribution in [-0.2, 0) is 6.54 Å². The molecule has 4 nitrogen and oxygen atoms in total. The van der Waals surface area contributed by atoms with E-state index in [1.807, 2.05) is 13.0 Å². The van der Waals surface area contributed by atoms with Gasteiger partial charge in [0.1, 0.15) is 0 Å². The van der Waals surface area contributed by atoms with Gasteiger partial charge in [0.15, 0.2) is 0 Å². The number of rotatable bonds is 3. The highest BCUT2D eigenvalue weighted by molar-refractivity contribution is 9.10. The predicted octanol–water partition coefficient (Wildman–Crippen LogP) is 2.66. The zero-order chi connectivity index (χ0) is 13.8. The van der Waals surface area contributed by atoms with E-state index in [2.05, 4.69) is 26.2 Å². The third-order valence-electron chi connectivity index (χ3n) is 2.85. The molecule has 1 heterocycles. The first-order valence-electron chi connectivity index (χ1n) is 5.80. The Morgan fingerprint density at radius 3 is 2.89 bits per heavy atom. The fourth-order valence-corrected chi connectivity index (χ4v) is 1.89. The summed E-state index contributed by atoms with van der Waals surface area (Å²) in [6.07, 6.45) is 3.49. The number of pyridine rings is 1. The van der Waals surface area contributed by atoms with Crippen LogP contribution in [0.15, 0.2) is 41.1 Å². The second kappa shape index (κ2) is 5.84. The number of aromatic nitrogens is 1. The molecule has 0 aliphatic rings. The number of amides is 1. The molecule has 98 valence electrons. The minimum Gasteiger partial charge on any atom is -0.398 e. The van der Waals surface area contributed by atoms with Crippen molar-refractivity contribution in [3.8, 4) is 0 Å². The number of nitrogens with one attached hydrogen (secondary N) is 1. The number of hydrogen-bond donors (Lipinski definition) is 2. The minimum absolute atomic E-state index is 0.151. The van der Waals surface area contributed by atoms with Crippen LogP contribution in [0.3, 0.4) is 0 Å². The fourth-order valence-electron chi connectivity index (χ4n) is 1.64. The number of nitrogen functional groups attached to an aromatic ring is 1. The smallest absolute Gasteiger partial charge is 0.251 e. The van der Waals surface area contributed by atoms with Crippen LogP contribution in [0.25, 0.3) is 0 Å². The molecule has 1 aromatic heterocycles. The summed E-state index contributed by atoms with van der Waals surface area (Å²) in [6.45, 7) is 2.44. The van der Waals surface area contributed by atoms with Gasteiger partial charge in [0.25, 0.3) is 5.91 Å². The van der Waals surface area contributed by atoms with Crippen molar-refractivity contribution in [1.29, 1.82) is 0 Å². The van der Waals surface area contributed by atoms with Crippen LogP contribution in [-0.4, -0.2) is 10.9 Å². The molecule has 0 atom stereocenters. The van der Waals surface area contributed by atoms with Gasteiger partial charge in [-0.2, -0.15) is 0 Å². The van der Waals surface area contributed by atoms with E-state index in [1.54, 1.807) is 30.6 Å². The van der Waals surface area contributed by atoms with Crippen molar-refractivity contribution in [1.82, 2.24) is 10.3 Å². The molecule has 19 heavy (non-hydrogen) atoms. The Labute approximate surface area is 120 Å². The van der Waals surface area contributed by atoms with Gasteiger partial charge in [-0.1, -0.05) is 0 Å². The maximum atomic E-state index is 12.0. The molecule has 0 saturated heterocycles. The maximum Gasteiger partial charge on any atom is 0.251 e. The monoisotopic (exact) mass is 319 g/mol. The Morgan fingerprint density at radius 2 is 2.21 bits per heavy atom. The molecule has 0 aliphatic heterocycles. The molecule has 0 aliphatic carbocycles. The van der Waals surface area contributed by atoms with Crippen molar-refractivity contribution in [2.24, 2.45) is 0 Å². The molecule has 2 rings (SSSR count). The van der Waals surface area contributed by atoms with E-state index in [1.165, 1.54) is 0 Å². The van der Waals surface area contributed by atoms with E-state index < -0.39 is 0 Å². The molecule has 1 aromatic carbocycles. The van der Waals surface area contributed by atoms with E-state index in [-0.39, 0.29) is 5.91 Å². The highest BCUT2D eigenvalue weighted by Crippen LogP contribution is 2.20. The van der Waals surface area contributed by atoms with Gasteiger partial charge in [0, 0.05) is 34.7 Å². The van der Waals surface area contributed by atoms with Crippen LogP contribution in [0.4, 0.5) is 5.69 Å². The van der Waals surface area contributed by atoms with Crippen LogP contribution in [0.2, 0.25) is 0 Å². The number of aryl methyl sites for hydroxylation is 1. The summed E-state index contributed by atoms with van der Waals surface area (Å²) in [5.74, 6) is -0.151. The van der Waals surface area contributed by atoms with Gasteiger partial charge in [0.2, 0.25) is 0 Å². The first-order chi connectivity index (χ1) is 9.08. The molecule has 3 N–H and O–H groups in total. The number of nitrogens with zero attached hydrogens (tertiary/aromatic N) is 1. The Kier molecular flexibility index (Phi) is 4.16. The second-order valence-corrected chi connectivity index (χ2v) is 5.08. The van der Waals surface area contributed by atoms with Gasteiger partial charge in [-0.3, -0.25) is 9.78 Å². The topological polar surface area (TPSA) is 68.0 Å². The Morgan fingerprint density at radius 1 is 1.42 bits per heavy atom. The standard InChI is InChI=1S/C14H14BrN3O/c1-9-4-5-17-7-11(9)8-18-14(19)10-2-3-12(15)13(16)6-10/h2-7H,8,16H2,1H3,(H,18,19). The molecule has 2 aromatic rings. The van der Waals surface area contributed by atoms with E-state index in [4.69, 9.17) is 5.73 Å². The van der Waals surface area contributed by atoms with Crippen LogP contribution < -0.4 is 11.1 Å².